The molecule has 84 valence electrons. The van der Waals surface area contributed by atoms with Gasteiger partial charge in [-0.25, -0.2) is 9.07 Å². The van der Waals surface area contributed by atoms with E-state index < -0.39 is 5.82 Å². The monoisotopic (exact) mass is 241 g/mol. The number of hydrogen-bond acceptors (Lipinski definition) is 2. The lowest BCUT2D eigenvalue weighted by Crippen LogP contribution is -2.18. The fraction of sp³-hybridized carbons (Fsp3) is 0.100. The molecule has 3 N–H and O–H groups in total. The third kappa shape index (κ3) is 1.94. The molecule has 0 fully saturated rings. The smallest absolute Gasteiger partial charge is 0.285 e. The van der Waals surface area contributed by atoms with Crippen molar-refractivity contribution in [2.75, 3.05) is 5.73 Å². The normalized spacial score (nSPS) is 10.6. The number of nitrogens with zero attached hydrogens (tertiary/aromatic N) is 1. The first-order chi connectivity index (χ1) is 7.58. The molecule has 1 heterocycles. The first-order valence-corrected chi connectivity index (χ1v) is 4.93. The predicted octanol–water partition coefficient (Wildman–Crippen LogP) is 1.60. The number of H-pyrrole nitrogens is 1. The predicted molar refractivity (Wildman–Crippen MR) is 60.0 cm³/mol. The van der Waals surface area contributed by atoms with Gasteiger partial charge >= 0.3 is 0 Å². The van der Waals surface area contributed by atoms with Gasteiger partial charge in [-0.15, -0.1) is 0 Å². The van der Waals surface area contributed by atoms with Gasteiger partial charge in [0.15, 0.2) is 0 Å². The SMILES string of the molecule is Nc1ccc(F)cc1Cn1[nH]cc(Cl)c1=O. The Kier molecular flexibility index (Phi) is 2.70. The van der Waals surface area contributed by atoms with Crippen molar-refractivity contribution >= 4 is 17.3 Å². The molecule has 0 atom stereocenters. The quantitative estimate of drug-likeness (QED) is 0.785. The van der Waals surface area contributed by atoms with E-state index >= 15 is 0 Å². The Hall–Kier alpha value is -1.75. The maximum absolute atomic E-state index is 13.0. The van der Waals surface area contributed by atoms with Crippen LogP contribution in [0, 0.1) is 5.82 Å². The van der Waals surface area contributed by atoms with Crippen LogP contribution >= 0.6 is 11.6 Å². The Labute approximate surface area is 95.4 Å². The number of nitrogens with two attached hydrogens (primary N) is 1. The number of aromatic nitrogens is 2. The van der Waals surface area contributed by atoms with Crippen LogP contribution in [0.3, 0.4) is 0 Å². The van der Waals surface area contributed by atoms with E-state index in [1.807, 2.05) is 0 Å². The summed E-state index contributed by atoms with van der Waals surface area (Å²) in [4.78, 5) is 11.4. The Bertz CT molecular complexity index is 576. The first kappa shape index (κ1) is 10.8. The lowest BCUT2D eigenvalue weighted by molar-refractivity contribution is 0.617. The molecule has 6 heteroatoms. The second-order valence-corrected chi connectivity index (χ2v) is 3.76. The van der Waals surface area contributed by atoms with Crippen molar-refractivity contribution in [2.24, 2.45) is 0 Å². The van der Waals surface area contributed by atoms with Crippen molar-refractivity contribution in [1.29, 1.82) is 0 Å². The molecular weight excluding hydrogens is 233 g/mol. The highest BCUT2D eigenvalue weighted by atomic mass is 35.5. The average Bonchev–Trinajstić information content (AvgIpc) is 2.55. The van der Waals surface area contributed by atoms with Crippen LogP contribution in [0.5, 0.6) is 0 Å². The van der Waals surface area contributed by atoms with Gasteiger partial charge in [0.25, 0.3) is 5.56 Å². The number of nitrogen functional groups attached to an aromatic ring is 1. The van der Waals surface area contributed by atoms with E-state index in [-0.39, 0.29) is 17.1 Å². The number of halogens is 2. The minimum absolute atomic E-state index is 0.0926. The molecule has 1 aromatic heterocycles. The van der Waals surface area contributed by atoms with E-state index in [9.17, 15) is 9.18 Å². The molecule has 0 amide bonds. The zero-order valence-corrected chi connectivity index (χ0v) is 8.96. The molecule has 2 aromatic rings. The van der Waals surface area contributed by atoms with Gasteiger partial charge < -0.3 is 10.8 Å². The van der Waals surface area contributed by atoms with Gasteiger partial charge in [0.2, 0.25) is 0 Å². The molecule has 0 aliphatic rings. The summed E-state index contributed by atoms with van der Waals surface area (Å²) in [5, 5.41) is 2.76. The van der Waals surface area contributed by atoms with Crippen LogP contribution in [0.1, 0.15) is 5.56 Å². The highest BCUT2D eigenvalue weighted by Crippen LogP contribution is 2.14. The fourth-order valence-electron chi connectivity index (χ4n) is 1.38. The second-order valence-electron chi connectivity index (χ2n) is 3.36. The molecule has 0 spiro atoms. The van der Waals surface area contributed by atoms with Crippen LogP contribution in [-0.4, -0.2) is 9.78 Å². The van der Waals surface area contributed by atoms with Gasteiger partial charge in [0.1, 0.15) is 10.8 Å². The summed E-state index contributed by atoms with van der Waals surface area (Å²) >= 11 is 5.60. The number of hydrogen-bond donors (Lipinski definition) is 2. The van der Waals surface area contributed by atoms with E-state index in [0.717, 1.165) is 0 Å². The highest BCUT2D eigenvalue weighted by Gasteiger charge is 2.06. The summed E-state index contributed by atoms with van der Waals surface area (Å²) in [6.07, 6.45) is 1.37. The third-order valence-corrected chi connectivity index (χ3v) is 2.50. The molecule has 0 aliphatic heterocycles. The minimum atomic E-state index is -0.394. The zero-order chi connectivity index (χ0) is 11.7. The van der Waals surface area contributed by atoms with Crippen LogP contribution in [-0.2, 0) is 6.54 Å². The molecule has 1 aromatic carbocycles. The molecule has 0 aliphatic carbocycles. The van der Waals surface area contributed by atoms with Crippen molar-refractivity contribution in [2.45, 2.75) is 6.54 Å². The third-order valence-electron chi connectivity index (χ3n) is 2.23. The summed E-state index contributed by atoms with van der Waals surface area (Å²) < 4.78 is 14.2. The number of aromatic amines is 1. The molecule has 0 saturated carbocycles. The van der Waals surface area contributed by atoms with Gasteiger partial charge in [-0.3, -0.25) is 4.79 Å². The Morgan fingerprint density at radius 1 is 1.50 bits per heavy atom. The number of rotatable bonds is 2. The Morgan fingerprint density at radius 3 is 2.88 bits per heavy atom. The van der Waals surface area contributed by atoms with E-state index in [4.69, 9.17) is 17.3 Å². The van der Waals surface area contributed by atoms with Crippen LogP contribution in [0.4, 0.5) is 10.1 Å². The largest absolute Gasteiger partial charge is 0.398 e. The molecule has 16 heavy (non-hydrogen) atoms. The van der Waals surface area contributed by atoms with Crippen LogP contribution in [0.15, 0.2) is 29.2 Å². The number of anilines is 1. The molecule has 0 bridgehead atoms. The van der Waals surface area contributed by atoms with Crippen molar-refractivity contribution < 1.29 is 4.39 Å². The molecule has 0 unspecified atom stereocenters. The van der Waals surface area contributed by atoms with E-state index in [0.29, 0.717) is 11.3 Å². The van der Waals surface area contributed by atoms with Crippen molar-refractivity contribution in [1.82, 2.24) is 9.78 Å². The van der Waals surface area contributed by atoms with Crippen LogP contribution < -0.4 is 11.3 Å². The topological polar surface area (TPSA) is 63.8 Å². The molecular formula is C10H9ClFN3O. The lowest BCUT2D eigenvalue weighted by Gasteiger charge is -2.05. The molecule has 2 rings (SSSR count). The second kappa shape index (κ2) is 4.02. The average molecular weight is 242 g/mol. The minimum Gasteiger partial charge on any atom is -0.398 e. The summed E-state index contributed by atoms with van der Waals surface area (Å²) in [6.45, 7) is 0.162. The van der Waals surface area contributed by atoms with E-state index in [1.165, 1.54) is 29.1 Å². The summed E-state index contributed by atoms with van der Waals surface area (Å²) in [7, 11) is 0. The van der Waals surface area contributed by atoms with Gasteiger partial charge in [0.05, 0.1) is 6.54 Å². The van der Waals surface area contributed by atoms with Crippen molar-refractivity contribution in [3.05, 3.63) is 51.2 Å². The van der Waals surface area contributed by atoms with Crippen LogP contribution in [0.2, 0.25) is 5.02 Å². The standard InChI is InChI=1S/C10H9ClFN3O/c11-8-4-14-15(10(8)16)5-6-3-7(12)1-2-9(6)13/h1-4,14H,5,13H2. The van der Waals surface area contributed by atoms with E-state index in [2.05, 4.69) is 5.10 Å². The van der Waals surface area contributed by atoms with Gasteiger partial charge in [0, 0.05) is 11.9 Å². The summed E-state index contributed by atoms with van der Waals surface area (Å²) in [5.41, 5.74) is 6.27. The summed E-state index contributed by atoms with van der Waals surface area (Å²) in [6, 6.07) is 4.01. The molecule has 4 nitrogen and oxygen atoms in total. The highest BCUT2D eigenvalue weighted by molar-refractivity contribution is 6.30. The van der Waals surface area contributed by atoms with Crippen LogP contribution in [0.25, 0.3) is 0 Å². The maximum Gasteiger partial charge on any atom is 0.285 e. The van der Waals surface area contributed by atoms with E-state index in [1.54, 1.807) is 0 Å². The number of benzene rings is 1. The zero-order valence-electron chi connectivity index (χ0n) is 8.21. The molecule has 0 saturated heterocycles. The van der Waals surface area contributed by atoms with Crippen molar-refractivity contribution in [3.63, 3.8) is 0 Å². The Balaban J connectivity index is 2.37. The van der Waals surface area contributed by atoms with Gasteiger partial charge in [-0.2, -0.15) is 0 Å². The first-order valence-electron chi connectivity index (χ1n) is 4.55. The van der Waals surface area contributed by atoms with Crippen molar-refractivity contribution in [3.8, 4) is 0 Å². The summed E-state index contributed by atoms with van der Waals surface area (Å²) in [5.74, 6) is -0.394. The Morgan fingerprint density at radius 2 is 2.25 bits per heavy atom. The fourth-order valence-corrected chi connectivity index (χ4v) is 1.53. The number of nitrogens with one attached hydrogen (secondary N) is 1. The molecule has 0 radical (unpaired) electrons. The lowest BCUT2D eigenvalue weighted by atomic mass is 10.2. The van der Waals surface area contributed by atoms with Gasteiger partial charge in [-0.1, -0.05) is 11.6 Å². The maximum atomic E-state index is 13.0. The van der Waals surface area contributed by atoms with Gasteiger partial charge in [-0.05, 0) is 23.8 Å².